The molecule has 7 nitrogen and oxygen atoms in total. The van der Waals surface area contributed by atoms with Crippen LogP contribution in [0.4, 0.5) is 4.79 Å². The van der Waals surface area contributed by atoms with Gasteiger partial charge in [-0.25, -0.2) is 14.6 Å². The lowest BCUT2D eigenvalue weighted by atomic mass is 10.1. The lowest BCUT2D eigenvalue weighted by Crippen LogP contribution is -2.57. The molecule has 0 spiro atoms. The third kappa shape index (κ3) is 4.81. The molecule has 1 aliphatic rings. The lowest BCUT2D eigenvalue weighted by Gasteiger charge is -2.39. The molecule has 3 rings (SSSR count). The SMILES string of the molecule is COC(=O)c1cc(OC2CN(C(=O)OC(C)(C)C)C2)cc(-c2ncc(C)s2)c1. The van der Waals surface area contributed by atoms with Gasteiger partial charge in [0.2, 0.25) is 0 Å². The van der Waals surface area contributed by atoms with E-state index in [0.717, 1.165) is 15.4 Å². The van der Waals surface area contributed by atoms with E-state index >= 15 is 0 Å². The maximum atomic E-state index is 12.0. The summed E-state index contributed by atoms with van der Waals surface area (Å²) in [4.78, 5) is 31.1. The molecule has 150 valence electrons. The van der Waals surface area contributed by atoms with Gasteiger partial charge in [-0.2, -0.15) is 0 Å². The standard InChI is InChI=1S/C20H24N2O5S/c1-12-9-21-17(28-12)13-6-14(18(23)25-5)8-15(7-13)26-16-10-22(11-16)19(24)27-20(2,3)4/h6-9,16H,10-11H2,1-5H3. The van der Waals surface area contributed by atoms with Gasteiger partial charge in [0.25, 0.3) is 0 Å². The Morgan fingerprint density at radius 1 is 1.21 bits per heavy atom. The van der Waals surface area contributed by atoms with E-state index in [4.69, 9.17) is 14.2 Å². The maximum absolute atomic E-state index is 12.0. The first-order chi connectivity index (χ1) is 13.1. The maximum Gasteiger partial charge on any atom is 0.410 e. The van der Waals surface area contributed by atoms with Gasteiger partial charge in [0, 0.05) is 16.6 Å². The molecule has 0 atom stereocenters. The largest absolute Gasteiger partial charge is 0.487 e. The number of carbonyl (C=O) groups excluding carboxylic acids is 2. The van der Waals surface area contributed by atoms with Gasteiger partial charge >= 0.3 is 12.1 Å². The number of ether oxygens (including phenoxy) is 3. The first-order valence-electron chi connectivity index (χ1n) is 8.95. The molecule has 1 saturated heterocycles. The zero-order valence-electron chi connectivity index (χ0n) is 16.6. The molecule has 0 radical (unpaired) electrons. The van der Waals surface area contributed by atoms with Crippen LogP contribution in [0.2, 0.25) is 0 Å². The van der Waals surface area contributed by atoms with Crippen molar-refractivity contribution in [2.45, 2.75) is 39.4 Å². The number of amides is 1. The van der Waals surface area contributed by atoms with Crippen LogP contribution in [0.15, 0.2) is 24.4 Å². The number of methoxy groups -OCH3 is 1. The Morgan fingerprint density at radius 2 is 1.93 bits per heavy atom. The van der Waals surface area contributed by atoms with E-state index in [-0.39, 0.29) is 12.2 Å². The molecule has 2 aromatic rings. The van der Waals surface area contributed by atoms with Crippen molar-refractivity contribution in [1.29, 1.82) is 0 Å². The third-order valence-electron chi connectivity index (χ3n) is 4.00. The van der Waals surface area contributed by atoms with Gasteiger partial charge in [-0.05, 0) is 45.9 Å². The van der Waals surface area contributed by atoms with Gasteiger partial charge in [-0.1, -0.05) is 0 Å². The Hall–Kier alpha value is -2.61. The van der Waals surface area contributed by atoms with Crippen molar-refractivity contribution >= 4 is 23.4 Å². The summed E-state index contributed by atoms with van der Waals surface area (Å²) >= 11 is 1.54. The minimum Gasteiger partial charge on any atom is -0.487 e. The number of likely N-dealkylation sites (tertiary alicyclic amines) is 1. The van der Waals surface area contributed by atoms with Gasteiger partial charge in [-0.15, -0.1) is 11.3 Å². The second kappa shape index (κ2) is 7.79. The van der Waals surface area contributed by atoms with Crippen LogP contribution in [-0.2, 0) is 9.47 Å². The molecule has 0 aliphatic carbocycles. The Bertz CT molecular complexity index is 881. The second-order valence-corrected chi connectivity index (χ2v) is 8.87. The minimum atomic E-state index is -0.529. The van der Waals surface area contributed by atoms with Crippen molar-refractivity contribution in [1.82, 2.24) is 9.88 Å². The van der Waals surface area contributed by atoms with E-state index in [1.807, 2.05) is 33.8 Å². The number of aryl methyl sites for hydroxylation is 1. The third-order valence-corrected chi connectivity index (χ3v) is 4.96. The van der Waals surface area contributed by atoms with Gasteiger partial charge < -0.3 is 19.1 Å². The van der Waals surface area contributed by atoms with Crippen molar-refractivity contribution in [2.75, 3.05) is 20.2 Å². The lowest BCUT2D eigenvalue weighted by molar-refractivity contribution is -0.0221. The highest BCUT2D eigenvalue weighted by atomic mass is 32.1. The number of rotatable bonds is 4. The van der Waals surface area contributed by atoms with Crippen molar-refractivity contribution in [3.05, 3.63) is 34.8 Å². The van der Waals surface area contributed by atoms with Gasteiger partial charge in [0.1, 0.15) is 22.5 Å². The summed E-state index contributed by atoms with van der Waals surface area (Å²) in [5.41, 5.74) is 0.656. The van der Waals surface area contributed by atoms with Gasteiger partial charge in [0.05, 0.1) is 25.8 Å². The Balaban J connectivity index is 1.72. The minimum absolute atomic E-state index is 0.161. The molecule has 1 aromatic heterocycles. The fourth-order valence-electron chi connectivity index (χ4n) is 2.70. The summed E-state index contributed by atoms with van der Waals surface area (Å²) in [6.45, 7) is 8.34. The van der Waals surface area contributed by atoms with E-state index in [9.17, 15) is 9.59 Å². The summed E-state index contributed by atoms with van der Waals surface area (Å²) in [5.74, 6) is 0.101. The molecule has 0 unspecified atom stereocenters. The zero-order valence-corrected chi connectivity index (χ0v) is 17.5. The van der Waals surface area contributed by atoms with Gasteiger partial charge in [-0.3, -0.25) is 0 Å². The number of thiazole rings is 1. The summed E-state index contributed by atoms with van der Waals surface area (Å²) in [7, 11) is 1.34. The molecule has 28 heavy (non-hydrogen) atoms. The van der Waals surface area contributed by atoms with Crippen LogP contribution < -0.4 is 4.74 Å². The molecule has 0 N–H and O–H groups in total. The highest BCUT2D eigenvalue weighted by molar-refractivity contribution is 7.14. The molecule has 0 bridgehead atoms. The molecule has 1 aromatic carbocycles. The van der Waals surface area contributed by atoms with E-state index in [0.29, 0.717) is 24.4 Å². The summed E-state index contributed by atoms with van der Waals surface area (Å²) in [5, 5.41) is 0.803. The van der Waals surface area contributed by atoms with Crippen LogP contribution in [0.5, 0.6) is 5.75 Å². The molecule has 1 amide bonds. The number of aromatic nitrogens is 1. The average Bonchev–Trinajstić information content (AvgIpc) is 3.01. The normalized spacial score (nSPS) is 14.4. The van der Waals surface area contributed by atoms with Crippen molar-refractivity contribution in [3.63, 3.8) is 0 Å². The summed E-state index contributed by atoms with van der Waals surface area (Å²) in [6, 6.07) is 5.23. The van der Waals surface area contributed by atoms with Crippen LogP contribution in [0.25, 0.3) is 10.6 Å². The number of hydrogen-bond donors (Lipinski definition) is 0. The van der Waals surface area contributed by atoms with Crippen LogP contribution in [0, 0.1) is 6.92 Å². The monoisotopic (exact) mass is 404 g/mol. The smallest absolute Gasteiger partial charge is 0.410 e. The Labute approximate surface area is 168 Å². The fraction of sp³-hybridized carbons (Fsp3) is 0.450. The van der Waals surface area contributed by atoms with Crippen molar-refractivity contribution < 1.29 is 23.8 Å². The van der Waals surface area contributed by atoms with E-state index < -0.39 is 11.6 Å². The van der Waals surface area contributed by atoms with Crippen molar-refractivity contribution in [2.24, 2.45) is 0 Å². The molecular formula is C20H24N2O5S. The second-order valence-electron chi connectivity index (χ2n) is 7.64. The zero-order chi connectivity index (χ0) is 20.5. The topological polar surface area (TPSA) is 78.0 Å². The summed E-state index contributed by atoms with van der Waals surface area (Å²) in [6.07, 6.45) is 1.27. The molecule has 8 heteroatoms. The van der Waals surface area contributed by atoms with E-state index in [1.165, 1.54) is 18.4 Å². The number of nitrogens with zero attached hydrogens (tertiary/aromatic N) is 2. The highest BCUT2D eigenvalue weighted by Gasteiger charge is 2.35. The summed E-state index contributed by atoms with van der Waals surface area (Å²) < 4.78 is 16.2. The number of carbonyl (C=O) groups is 2. The molecule has 1 fully saturated rings. The first kappa shape index (κ1) is 20.1. The Morgan fingerprint density at radius 3 is 2.50 bits per heavy atom. The number of benzene rings is 1. The average molecular weight is 404 g/mol. The highest BCUT2D eigenvalue weighted by Crippen LogP contribution is 2.31. The predicted molar refractivity (Wildman–Crippen MR) is 106 cm³/mol. The van der Waals surface area contributed by atoms with Gasteiger partial charge in [0.15, 0.2) is 0 Å². The fourth-order valence-corrected chi connectivity index (χ4v) is 3.45. The van der Waals surface area contributed by atoms with E-state index in [2.05, 4.69) is 4.98 Å². The molecule has 1 aliphatic heterocycles. The first-order valence-corrected chi connectivity index (χ1v) is 9.77. The van der Waals surface area contributed by atoms with Crippen LogP contribution in [0.1, 0.15) is 36.0 Å². The van der Waals surface area contributed by atoms with E-state index in [1.54, 1.807) is 23.2 Å². The van der Waals surface area contributed by atoms with Crippen LogP contribution in [-0.4, -0.2) is 53.9 Å². The molecular weight excluding hydrogens is 380 g/mol. The number of esters is 1. The molecule has 0 saturated carbocycles. The Kier molecular flexibility index (Phi) is 5.60. The van der Waals surface area contributed by atoms with Crippen LogP contribution in [0.3, 0.4) is 0 Å². The van der Waals surface area contributed by atoms with Crippen molar-refractivity contribution in [3.8, 4) is 16.3 Å². The molecule has 2 heterocycles. The number of hydrogen-bond acceptors (Lipinski definition) is 7. The van der Waals surface area contributed by atoms with Crippen LogP contribution >= 0.6 is 11.3 Å². The predicted octanol–water partition coefficient (Wildman–Crippen LogP) is 3.90. The quantitative estimate of drug-likeness (QED) is 0.719.